The normalized spacial score (nSPS) is 13.3. The molecular formula is C148H114. The van der Waals surface area contributed by atoms with Crippen molar-refractivity contribution in [1.29, 1.82) is 0 Å². The summed E-state index contributed by atoms with van der Waals surface area (Å²) in [5, 5.41) is 36.9. The monoisotopic (exact) mass is 1890 g/mol. The highest BCUT2D eigenvalue weighted by atomic mass is 14.4. The molecule has 0 atom stereocenters. The van der Waals surface area contributed by atoms with Gasteiger partial charge >= 0.3 is 0 Å². The van der Waals surface area contributed by atoms with E-state index in [0.29, 0.717) is 0 Å². The Labute approximate surface area is 866 Å². The lowest BCUT2D eigenvalue weighted by Gasteiger charge is -2.28. The fourth-order valence-corrected chi connectivity index (χ4v) is 26.8. The van der Waals surface area contributed by atoms with E-state index < -0.39 is 0 Å². The predicted molar refractivity (Wildman–Crippen MR) is 641 cm³/mol. The fraction of sp³-hybridized carbons (Fsp3) is 0.122. The zero-order valence-electron chi connectivity index (χ0n) is 86.3. The summed E-state index contributed by atoms with van der Waals surface area (Å²) in [6.07, 6.45) is 0. The van der Waals surface area contributed by atoms with Gasteiger partial charge in [0.15, 0.2) is 0 Å². The molecule has 2 aliphatic carbocycles. The molecule has 0 aromatic heterocycles. The Morgan fingerprint density at radius 1 is 0.135 bits per heavy atom. The molecule has 0 unspecified atom stereocenters. The van der Waals surface area contributed by atoms with Crippen molar-refractivity contribution in [2.24, 2.45) is 0 Å². The summed E-state index contributed by atoms with van der Waals surface area (Å²) in [6.45, 7) is 30.8. The largest absolute Gasteiger partial charge is 0.0622 e. The average Bonchev–Trinajstić information content (AvgIpc) is 1.05. The van der Waals surface area contributed by atoms with Gasteiger partial charge in [0.2, 0.25) is 0 Å². The van der Waals surface area contributed by atoms with Gasteiger partial charge in [-0.25, -0.2) is 0 Å². The Hall–Kier alpha value is -16.9. The van der Waals surface area contributed by atoms with Gasteiger partial charge in [0.25, 0.3) is 0 Å². The third-order valence-electron chi connectivity index (χ3n) is 33.3. The van der Waals surface area contributed by atoms with Crippen LogP contribution in [0, 0.1) is 0 Å². The molecule has 0 bridgehead atoms. The van der Waals surface area contributed by atoms with Crippen molar-refractivity contribution in [3.8, 4) is 111 Å². The molecule has 0 heteroatoms. The maximum atomic E-state index is 2.49. The predicted octanol–water partition coefficient (Wildman–Crippen LogP) is 41.9. The van der Waals surface area contributed by atoms with Crippen LogP contribution < -0.4 is 0 Å². The molecule has 0 N–H and O–H groups in total. The molecule has 29 rings (SSSR count). The quantitative estimate of drug-likeness (QED) is 0.105. The van der Waals surface area contributed by atoms with Crippen LogP contribution in [0.5, 0.6) is 0 Å². The van der Waals surface area contributed by atoms with Gasteiger partial charge < -0.3 is 0 Å². The highest BCUT2D eigenvalue weighted by Gasteiger charge is 2.39. The van der Waals surface area contributed by atoms with E-state index in [1.807, 2.05) is 0 Å². The van der Waals surface area contributed by atoms with Gasteiger partial charge in [-0.1, -0.05) is 515 Å². The van der Waals surface area contributed by atoms with Crippen molar-refractivity contribution in [3.05, 3.63) is 494 Å². The molecule has 0 heterocycles. The van der Waals surface area contributed by atoms with Crippen molar-refractivity contribution < 1.29 is 0 Å². The van der Waals surface area contributed by atoms with Gasteiger partial charge in [-0.15, -0.1) is 0 Å². The van der Waals surface area contributed by atoms with E-state index in [4.69, 9.17) is 0 Å². The van der Waals surface area contributed by atoms with Crippen LogP contribution >= 0.6 is 0 Å². The summed E-state index contributed by atoms with van der Waals surface area (Å²) in [5.74, 6) is 0. The number of hydrogen-bond donors (Lipinski definition) is 0. The van der Waals surface area contributed by atoms with E-state index in [9.17, 15) is 0 Å². The van der Waals surface area contributed by atoms with E-state index in [1.165, 1.54) is 301 Å². The molecule has 0 amide bonds. The van der Waals surface area contributed by atoms with Crippen molar-refractivity contribution in [1.82, 2.24) is 0 Å². The first-order valence-corrected chi connectivity index (χ1v) is 52.8. The van der Waals surface area contributed by atoms with Crippen LogP contribution in [0.15, 0.2) is 455 Å². The summed E-state index contributed by atoms with van der Waals surface area (Å²) in [6, 6.07) is 171. The van der Waals surface area contributed by atoms with Crippen LogP contribution in [0.3, 0.4) is 0 Å². The first-order chi connectivity index (χ1) is 71.9. The molecule has 148 heavy (non-hydrogen) atoms. The van der Waals surface area contributed by atoms with Crippen LogP contribution in [0.25, 0.3) is 262 Å². The third-order valence-corrected chi connectivity index (χ3v) is 33.3. The fourth-order valence-electron chi connectivity index (χ4n) is 26.8. The molecule has 2 aliphatic rings. The second-order valence-electron chi connectivity index (χ2n) is 45.9. The summed E-state index contributed by atoms with van der Waals surface area (Å²) in [5.41, 5.74) is 35.5. The number of rotatable bonds is 8. The second-order valence-corrected chi connectivity index (χ2v) is 45.9. The maximum absolute atomic E-state index is 2.49. The molecule has 0 nitrogen and oxygen atoms in total. The van der Waals surface area contributed by atoms with Crippen LogP contribution in [0.4, 0.5) is 0 Å². The molecule has 0 radical (unpaired) electrons. The SMILES string of the molecule is CC(C)(C)c1c2ccccc2c(-c2c3ccccc3c(-c3ccccc3)c3ccccc23)c2ccc(-c3ccc4c(c3)C(C)(C)c3ccccc3-4)cc12.CC(C)(C)c1c2ccccc2c(-c2ccc3c(c2)C(C)(C)c2ccccc2-3)c2ccc(-c3ccc4ccc5cccc6ccc3c4c56)cc12.CC(C)(C)c1c2ccccc2c(-c2ccc3ccc4cccc5ccc2c3c45)c2ccc(-c3ccc(-c4ccccc4)cc3)cc12. The summed E-state index contributed by atoms with van der Waals surface area (Å²) in [4.78, 5) is 0. The molecular weight excluding hydrogens is 1780 g/mol. The lowest BCUT2D eigenvalue weighted by Crippen LogP contribution is -2.15. The maximum Gasteiger partial charge on any atom is 0.0159 e. The number of hydrogen-bond acceptors (Lipinski definition) is 0. The first kappa shape index (κ1) is 89.9. The topological polar surface area (TPSA) is 0 Å². The van der Waals surface area contributed by atoms with E-state index in [-0.39, 0.29) is 27.1 Å². The Morgan fingerprint density at radius 3 is 0.838 bits per heavy atom. The molecule has 27 aromatic rings. The number of benzene rings is 27. The smallest absolute Gasteiger partial charge is 0.0159 e. The van der Waals surface area contributed by atoms with Gasteiger partial charge in [-0.2, -0.15) is 0 Å². The molecule has 0 spiro atoms. The lowest BCUT2D eigenvalue weighted by atomic mass is 9.76. The minimum Gasteiger partial charge on any atom is -0.0622 e. The van der Waals surface area contributed by atoms with Crippen LogP contribution in [0.1, 0.15) is 129 Å². The van der Waals surface area contributed by atoms with Gasteiger partial charge in [-0.05, 0) is 348 Å². The highest BCUT2D eigenvalue weighted by molar-refractivity contribution is 6.32. The van der Waals surface area contributed by atoms with E-state index in [0.717, 1.165) is 0 Å². The molecule has 0 aliphatic heterocycles. The second kappa shape index (κ2) is 33.8. The van der Waals surface area contributed by atoms with Crippen molar-refractivity contribution in [3.63, 3.8) is 0 Å². The third kappa shape index (κ3) is 14.1. The van der Waals surface area contributed by atoms with Crippen molar-refractivity contribution in [2.45, 2.75) is 117 Å². The molecule has 0 fully saturated rings. The zero-order chi connectivity index (χ0) is 100. The van der Waals surface area contributed by atoms with Crippen LogP contribution in [0.2, 0.25) is 0 Å². The summed E-state index contributed by atoms with van der Waals surface area (Å²) < 4.78 is 0. The molecule has 706 valence electrons. The summed E-state index contributed by atoms with van der Waals surface area (Å²) in [7, 11) is 0. The minimum atomic E-state index is -0.0854. The van der Waals surface area contributed by atoms with E-state index in [2.05, 4.69) is 545 Å². The summed E-state index contributed by atoms with van der Waals surface area (Å²) >= 11 is 0. The van der Waals surface area contributed by atoms with Gasteiger partial charge in [0.1, 0.15) is 0 Å². The Kier molecular flexibility index (Phi) is 20.6. The zero-order valence-corrected chi connectivity index (χ0v) is 86.3. The Balaban J connectivity index is 0.000000110. The molecule has 0 saturated heterocycles. The van der Waals surface area contributed by atoms with Crippen LogP contribution in [-0.2, 0) is 27.1 Å². The Bertz CT molecular complexity index is 10100. The lowest BCUT2D eigenvalue weighted by molar-refractivity contribution is 0.601. The standard InChI is InChI=1S/C53H42.C49H38.C46H34/c1-52(2,3)51-44-25-14-13-24-42(44)50(49-40-22-11-9-20-38(40)48(33-17-7-6-8-18-33)39-21-10-12-23-41(39)49)43-30-28-34(31-45(43)51)35-27-29-37-36-19-15-16-26-46(36)53(4,5)47(37)32-35;1-48(2,3)47-40-15-7-6-14-37(40)45(33-22-24-36-35-13-8-9-16-42(35)49(4,5)43(36)28-33)39-26-21-32(27-41(39)47)34-23-19-31-18-17-29-11-10-12-30-20-25-38(34)46(31)44(29)30;1-46(2,3)45-40-15-8-7-14-36(40)44(38-26-23-34-21-20-32-12-9-13-33-22-25-37(38)43(34)42(32)33)39-27-24-35(28-41(39)45)31-18-16-30(17-19-31)29-10-5-4-6-11-29/h6-32H,1-5H3;6-28H,1-5H3;4-28H,1-3H3. The van der Waals surface area contributed by atoms with Gasteiger partial charge in [0.05, 0.1) is 0 Å². The Morgan fingerprint density at radius 2 is 0.385 bits per heavy atom. The van der Waals surface area contributed by atoms with E-state index in [1.54, 1.807) is 0 Å². The van der Waals surface area contributed by atoms with Crippen molar-refractivity contribution >= 4 is 151 Å². The molecule has 27 aromatic carbocycles. The number of fused-ring (bicyclic) bond motifs is 14. The minimum absolute atomic E-state index is 0.0468. The van der Waals surface area contributed by atoms with Crippen molar-refractivity contribution in [2.75, 3.05) is 0 Å². The van der Waals surface area contributed by atoms with Gasteiger partial charge in [0, 0.05) is 10.8 Å². The average molecular weight is 1890 g/mol. The highest BCUT2D eigenvalue weighted by Crippen LogP contribution is 2.58. The van der Waals surface area contributed by atoms with Gasteiger partial charge in [-0.3, -0.25) is 0 Å². The van der Waals surface area contributed by atoms with Crippen LogP contribution in [-0.4, -0.2) is 0 Å². The first-order valence-electron chi connectivity index (χ1n) is 52.8. The van der Waals surface area contributed by atoms with E-state index >= 15 is 0 Å². The molecule has 0 saturated carbocycles.